The van der Waals surface area contributed by atoms with Crippen LogP contribution in [-0.2, 0) is 25.9 Å². The molecule has 0 saturated heterocycles. The van der Waals surface area contributed by atoms with Crippen molar-refractivity contribution in [2.45, 2.75) is 25.9 Å². The predicted molar refractivity (Wildman–Crippen MR) is 88.2 cm³/mol. The fraction of sp³-hybridized carbons (Fsp3) is 0.333. The third-order valence-corrected chi connectivity index (χ3v) is 4.12. The van der Waals surface area contributed by atoms with Crippen LogP contribution >= 0.6 is 0 Å². The highest BCUT2D eigenvalue weighted by molar-refractivity contribution is 5.27. The highest BCUT2D eigenvalue weighted by atomic mass is 16.3. The van der Waals surface area contributed by atoms with Gasteiger partial charge in [0, 0.05) is 0 Å². The fourth-order valence-corrected chi connectivity index (χ4v) is 2.97. The summed E-state index contributed by atoms with van der Waals surface area (Å²) in [4.78, 5) is 6.49. The van der Waals surface area contributed by atoms with Gasteiger partial charge in [0.2, 0.25) is 0 Å². The van der Waals surface area contributed by atoms with Gasteiger partial charge in [0.25, 0.3) is 11.6 Å². The van der Waals surface area contributed by atoms with Gasteiger partial charge in [-0.3, -0.25) is 0 Å². The van der Waals surface area contributed by atoms with Crippen LogP contribution in [0.3, 0.4) is 0 Å². The second-order valence-corrected chi connectivity index (χ2v) is 5.82. The van der Waals surface area contributed by atoms with Crippen molar-refractivity contribution in [2.75, 3.05) is 13.2 Å². The number of nitrogens with zero attached hydrogens (tertiary/aromatic N) is 2. The zero-order valence-corrected chi connectivity index (χ0v) is 13.7. The summed E-state index contributed by atoms with van der Waals surface area (Å²) in [5, 5.41) is 18.3. The van der Waals surface area contributed by atoms with E-state index in [1.165, 1.54) is 11.1 Å². The van der Waals surface area contributed by atoms with Crippen LogP contribution in [0.25, 0.3) is 0 Å². The lowest BCUT2D eigenvalue weighted by atomic mass is 10.1. The van der Waals surface area contributed by atoms with Crippen LogP contribution < -0.4 is 9.13 Å². The number of imidazole rings is 2. The van der Waals surface area contributed by atoms with Gasteiger partial charge >= 0.3 is 0 Å². The molecule has 0 unspecified atom stereocenters. The maximum atomic E-state index is 9.13. The topological polar surface area (TPSA) is 79.8 Å². The van der Waals surface area contributed by atoms with Crippen LogP contribution in [0.4, 0.5) is 0 Å². The average molecular weight is 328 g/mol. The van der Waals surface area contributed by atoms with Crippen molar-refractivity contribution in [1.82, 2.24) is 9.97 Å². The Morgan fingerprint density at radius 2 is 1.29 bits per heavy atom. The van der Waals surface area contributed by atoms with Gasteiger partial charge < -0.3 is 10.2 Å². The molecule has 1 aromatic carbocycles. The highest BCUT2D eigenvalue weighted by Gasteiger charge is 2.13. The second-order valence-electron chi connectivity index (χ2n) is 5.82. The molecule has 0 amide bonds. The monoisotopic (exact) mass is 328 g/mol. The molecule has 0 saturated carbocycles. The first-order valence-electron chi connectivity index (χ1n) is 8.21. The van der Waals surface area contributed by atoms with Crippen LogP contribution in [0.1, 0.15) is 22.8 Å². The lowest BCUT2D eigenvalue weighted by Crippen LogP contribution is -2.38. The van der Waals surface area contributed by atoms with E-state index in [-0.39, 0.29) is 13.2 Å². The molecule has 0 aliphatic carbocycles. The Morgan fingerprint density at radius 3 is 1.75 bits per heavy atom. The minimum Gasteiger partial charge on any atom is -0.392 e. The minimum absolute atomic E-state index is 0.132. The molecule has 0 aliphatic heterocycles. The summed E-state index contributed by atoms with van der Waals surface area (Å²) in [7, 11) is 0. The van der Waals surface area contributed by atoms with Gasteiger partial charge in [-0.25, -0.2) is 19.1 Å². The number of H-pyrrole nitrogens is 2. The van der Waals surface area contributed by atoms with Gasteiger partial charge in [-0.05, 0) is 11.1 Å². The largest absolute Gasteiger partial charge is 0.392 e. The first-order valence-corrected chi connectivity index (χ1v) is 8.21. The number of aliphatic hydroxyl groups is 2. The van der Waals surface area contributed by atoms with Crippen LogP contribution in [0.2, 0.25) is 0 Å². The molecule has 126 valence electrons. The first-order chi connectivity index (χ1) is 11.8. The van der Waals surface area contributed by atoms with Gasteiger partial charge in [-0.2, -0.15) is 0 Å². The molecular formula is C18H24N4O2+2. The fourth-order valence-electron chi connectivity index (χ4n) is 2.97. The van der Waals surface area contributed by atoms with Gasteiger partial charge in [0.1, 0.15) is 37.9 Å². The van der Waals surface area contributed by atoms with Gasteiger partial charge in [-0.1, -0.05) is 24.3 Å². The Hall–Kier alpha value is -2.44. The number of aliphatic hydroxyl groups excluding tert-OH is 2. The van der Waals surface area contributed by atoms with Crippen molar-refractivity contribution in [1.29, 1.82) is 0 Å². The molecule has 0 atom stereocenters. The molecule has 6 heteroatoms. The summed E-state index contributed by atoms with van der Waals surface area (Å²) in [6.45, 7) is 1.46. The minimum atomic E-state index is 0.132. The second kappa shape index (κ2) is 7.90. The van der Waals surface area contributed by atoms with E-state index in [0.29, 0.717) is 13.1 Å². The van der Waals surface area contributed by atoms with Crippen molar-refractivity contribution < 1.29 is 19.3 Å². The number of aromatic nitrogens is 4. The summed E-state index contributed by atoms with van der Waals surface area (Å²) in [5.41, 5.74) is 2.45. The Kier molecular flexibility index (Phi) is 5.40. The third kappa shape index (κ3) is 3.90. The Morgan fingerprint density at radius 1 is 0.792 bits per heavy atom. The zero-order chi connectivity index (χ0) is 16.8. The average Bonchev–Trinajstić information content (AvgIpc) is 3.19. The van der Waals surface area contributed by atoms with E-state index >= 15 is 0 Å². The van der Waals surface area contributed by atoms with E-state index in [9.17, 15) is 0 Å². The molecule has 0 bridgehead atoms. The van der Waals surface area contributed by atoms with E-state index in [0.717, 1.165) is 24.5 Å². The number of benzene rings is 1. The Labute approximate surface area is 141 Å². The van der Waals surface area contributed by atoms with E-state index in [1.54, 1.807) is 0 Å². The molecule has 2 aromatic heterocycles. The molecule has 0 radical (unpaired) electrons. The maximum absolute atomic E-state index is 9.13. The molecule has 24 heavy (non-hydrogen) atoms. The molecule has 6 nitrogen and oxygen atoms in total. The predicted octanol–water partition coefficient (Wildman–Crippen LogP) is 0.0840. The Balaban J connectivity index is 1.74. The summed E-state index contributed by atoms with van der Waals surface area (Å²) in [6.07, 6.45) is 9.28. The molecule has 0 fully saturated rings. The molecule has 4 N–H and O–H groups in total. The number of aromatic amines is 2. The lowest BCUT2D eigenvalue weighted by molar-refractivity contribution is -0.703. The van der Waals surface area contributed by atoms with Crippen molar-refractivity contribution >= 4 is 0 Å². The molecule has 2 heterocycles. The van der Waals surface area contributed by atoms with Crippen LogP contribution in [0.15, 0.2) is 49.1 Å². The van der Waals surface area contributed by atoms with E-state index < -0.39 is 0 Å². The summed E-state index contributed by atoms with van der Waals surface area (Å²) in [5.74, 6) is 2.16. The molecule has 3 aromatic rings. The van der Waals surface area contributed by atoms with Crippen LogP contribution in [0, 0.1) is 0 Å². The summed E-state index contributed by atoms with van der Waals surface area (Å²) >= 11 is 0. The Bertz CT molecular complexity index is 717. The zero-order valence-electron chi connectivity index (χ0n) is 13.7. The third-order valence-electron chi connectivity index (χ3n) is 4.12. The molecule has 3 rings (SSSR count). The smallest absolute Gasteiger partial charge is 0.258 e. The summed E-state index contributed by atoms with van der Waals surface area (Å²) in [6, 6.07) is 8.51. The quantitative estimate of drug-likeness (QED) is 0.442. The van der Waals surface area contributed by atoms with Crippen molar-refractivity contribution in [2.24, 2.45) is 0 Å². The van der Waals surface area contributed by atoms with Gasteiger partial charge in [-0.15, -0.1) is 0 Å². The standard InChI is InChI=1S/C18H22N4O2/c23-10-8-21-6-4-19-17(21)13-15-2-1-3-16(12-15)14-18-20-5-7-22(18)9-11-24/h1-7,12,23-24H,8-11,13-14H2/p+2. The number of nitrogens with one attached hydrogen (secondary N) is 2. The SMILES string of the molecule is OCC[n+]1cc[nH]c1Cc1cccc(Cc2[nH]cc[n+]2CCO)c1. The van der Waals surface area contributed by atoms with Crippen molar-refractivity contribution in [3.63, 3.8) is 0 Å². The van der Waals surface area contributed by atoms with Crippen molar-refractivity contribution in [3.05, 3.63) is 71.8 Å². The maximum Gasteiger partial charge on any atom is 0.258 e. The van der Waals surface area contributed by atoms with Crippen LogP contribution in [0.5, 0.6) is 0 Å². The number of hydrogen-bond donors (Lipinski definition) is 4. The van der Waals surface area contributed by atoms with Gasteiger partial charge in [0.15, 0.2) is 0 Å². The van der Waals surface area contributed by atoms with E-state index in [4.69, 9.17) is 10.2 Å². The number of hydrogen-bond acceptors (Lipinski definition) is 2. The number of rotatable bonds is 8. The lowest BCUT2D eigenvalue weighted by Gasteiger charge is -2.04. The van der Waals surface area contributed by atoms with Gasteiger partial charge in [0.05, 0.1) is 26.1 Å². The normalized spacial score (nSPS) is 11.1. The molecule has 0 spiro atoms. The van der Waals surface area contributed by atoms with Crippen molar-refractivity contribution in [3.8, 4) is 0 Å². The van der Waals surface area contributed by atoms with E-state index in [1.807, 2.05) is 33.9 Å². The first kappa shape index (κ1) is 16.4. The van der Waals surface area contributed by atoms with Crippen LogP contribution in [-0.4, -0.2) is 33.4 Å². The summed E-state index contributed by atoms with van der Waals surface area (Å²) < 4.78 is 4.07. The molecule has 0 aliphatic rings. The molecular weight excluding hydrogens is 304 g/mol. The van der Waals surface area contributed by atoms with E-state index in [2.05, 4.69) is 34.2 Å². The highest BCUT2D eigenvalue weighted by Crippen LogP contribution is 2.11.